The number of halogens is 1. The number of aliphatic hydroxyl groups excluding tert-OH is 3. The van der Waals surface area contributed by atoms with Crippen LogP contribution in [0.4, 0.5) is 0 Å². The van der Waals surface area contributed by atoms with Gasteiger partial charge < -0.3 is 39.7 Å². The lowest BCUT2D eigenvalue weighted by Gasteiger charge is -2.41. The minimum absolute atomic E-state index is 0.0394. The van der Waals surface area contributed by atoms with E-state index in [0.717, 1.165) is 30.4 Å². The highest BCUT2D eigenvalue weighted by molar-refractivity contribution is 14.1. The van der Waals surface area contributed by atoms with E-state index < -0.39 is 24.2 Å². The van der Waals surface area contributed by atoms with Gasteiger partial charge >= 0.3 is 0 Å². The lowest BCUT2D eigenvalue weighted by atomic mass is 9.75. The van der Waals surface area contributed by atoms with Crippen molar-refractivity contribution in [1.29, 1.82) is 0 Å². The topological polar surface area (TPSA) is 138 Å². The van der Waals surface area contributed by atoms with Crippen molar-refractivity contribution in [1.82, 2.24) is 10.2 Å². The Morgan fingerprint density at radius 1 is 1.10 bits per heavy atom. The van der Waals surface area contributed by atoms with Gasteiger partial charge in [0.15, 0.2) is 11.5 Å². The number of hydrogen-bond donors (Lipinski definition) is 4. The third-order valence-corrected chi connectivity index (χ3v) is 10.3. The molecule has 48 heavy (non-hydrogen) atoms. The standard InChI is InChI=1S/C37H51IN2O8/c1-22(2)28-11-8-24(4)14-31(28)47-21-34(43)40(19-25-9-6-23(3)7-10-25)30-17-27(37(45)39-12-13-41)18-32(35(30)44)48-36-29(38)15-26(20-42)16-33(36)46-5/h6-7,9-10,15-16,18,22,24,28,30-32,35,41-42,44H,8,11-14,17,19-21H2,1-5H3,(H,39,45). The van der Waals surface area contributed by atoms with E-state index >= 15 is 0 Å². The smallest absolute Gasteiger partial charge is 0.249 e. The summed E-state index contributed by atoms with van der Waals surface area (Å²) in [6.45, 7) is 8.30. The van der Waals surface area contributed by atoms with Crippen LogP contribution in [0.25, 0.3) is 0 Å². The van der Waals surface area contributed by atoms with E-state index in [2.05, 4.69) is 48.7 Å². The molecule has 0 spiro atoms. The molecule has 264 valence electrons. The fourth-order valence-corrected chi connectivity index (χ4v) is 7.54. The largest absolute Gasteiger partial charge is 0.493 e. The van der Waals surface area contributed by atoms with Crippen LogP contribution in [0, 0.1) is 28.2 Å². The van der Waals surface area contributed by atoms with Crippen molar-refractivity contribution in [2.45, 2.75) is 90.9 Å². The molecule has 0 saturated heterocycles. The van der Waals surface area contributed by atoms with Crippen molar-refractivity contribution >= 4 is 34.4 Å². The summed E-state index contributed by atoms with van der Waals surface area (Å²) in [5, 5.41) is 33.8. The molecule has 0 aliphatic heterocycles. The summed E-state index contributed by atoms with van der Waals surface area (Å²) in [6, 6.07) is 10.4. The average molecular weight is 779 g/mol. The predicted octanol–water partition coefficient (Wildman–Crippen LogP) is 4.52. The van der Waals surface area contributed by atoms with Crippen molar-refractivity contribution < 1.29 is 39.1 Å². The Bertz CT molecular complexity index is 1410. The van der Waals surface area contributed by atoms with E-state index in [4.69, 9.17) is 14.2 Å². The first kappa shape index (κ1) is 38.1. The normalized spacial score (nSPS) is 24.2. The molecule has 4 N–H and O–H groups in total. The van der Waals surface area contributed by atoms with Gasteiger partial charge in [-0.25, -0.2) is 0 Å². The van der Waals surface area contributed by atoms with Gasteiger partial charge in [0, 0.05) is 25.1 Å². The Labute approximate surface area is 298 Å². The number of aliphatic hydroxyl groups is 3. The van der Waals surface area contributed by atoms with Crippen molar-refractivity contribution in [2.24, 2.45) is 17.8 Å². The molecule has 0 aromatic heterocycles. The van der Waals surface area contributed by atoms with Crippen LogP contribution in [0.15, 0.2) is 48.0 Å². The second-order valence-electron chi connectivity index (χ2n) is 13.5. The summed E-state index contributed by atoms with van der Waals surface area (Å²) in [7, 11) is 1.49. The van der Waals surface area contributed by atoms with Gasteiger partial charge in [-0.05, 0) is 89.4 Å². The molecule has 0 heterocycles. The number of amides is 2. The van der Waals surface area contributed by atoms with E-state index in [0.29, 0.717) is 44.0 Å². The first-order valence-electron chi connectivity index (χ1n) is 16.8. The third-order valence-electron chi connectivity index (χ3n) is 9.52. The molecule has 1 saturated carbocycles. The molecule has 10 nitrogen and oxygen atoms in total. The molecule has 11 heteroatoms. The van der Waals surface area contributed by atoms with Crippen LogP contribution in [-0.4, -0.2) is 83.3 Å². The molecule has 2 aromatic carbocycles. The summed E-state index contributed by atoms with van der Waals surface area (Å²) in [5.74, 6) is 1.31. The Morgan fingerprint density at radius 2 is 1.83 bits per heavy atom. The number of nitrogens with zero attached hydrogens (tertiary/aromatic N) is 1. The molecule has 2 aromatic rings. The molecule has 1 fully saturated rings. The van der Waals surface area contributed by atoms with E-state index in [1.54, 1.807) is 23.1 Å². The summed E-state index contributed by atoms with van der Waals surface area (Å²) in [5.41, 5.74) is 2.92. The quantitative estimate of drug-likeness (QED) is 0.206. The summed E-state index contributed by atoms with van der Waals surface area (Å²) in [6.07, 6.45) is 2.46. The zero-order chi connectivity index (χ0) is 35.0. The third kappa shape index (κ3) is 9.71. The van der Waals surface area contributed by atoms with Crippen molar-refractivity contribution in [3.8, 4) is 11.5 Å². The molecule has 2 amide bonds. The van der Waals surface area contributed by atoms with Gasteiger partial charge in [-0.1, -0.05) is 57.0 Å². The molecule has 4 rings (SSSR count). The number of carbonyl (C=O) groups excluding carboxylic acids is 2. The number of methoxy groups -OCH3 is 1. The molecule has 6 atom stereocenters. The molecule has 0 radical (unpaired) electrons. The summed E-state index contributed by atoms with van der Waals surface area (Å²) in [4.78, 5) is 29.2. The fourth-order valence-electron chi connectivity index (χ4n) is 6.74. The zero-order valence-corrected chi connectivity index (χ0v) is 30.8. The highest BCUT2D eigenvalue weighted by Gasteiger charge is 2.41. The zero-order valence-electron chi connectivity index (χ0n) is 28.7. The predicted molar refractivity (Wildman–Crippen MR) is 191 cm³/mol. The number of nitrogens with one attached hydrogen (secondary N) is 1. The van der Waals surface area contributed by atoms with Crippen LogP contribution >= 0.6 is 22.6 Å². The SMILES string of the molecule is COc1cc(CO)cc(I)c1OC1C=C(C(=O)NCCO)CC(N(Cc2ccc(C)cc2)C(=O)COC2CC(C)CCC2C(C)C)C1O. The first-order valence-corrected chi connectivity index (χ1v) is 17.9. The van der Waals surface area contributed by atoms with Gasteiger partial charge in [0.25, 0.3) is 0 Å². The molecule has 2 aliphatic carbocycles. The number of hydrogen-bond acceptors (Lipinski definition) is 8. The maximum Gasteiger partial charge on any atom is 0.249 e. The van der Waals surface area contributed by atoms with E-state index in [9.17, 15) is 24.9 Å². The molecule has 6 unspecified atom stereocenters. The van der Waals surface area contributed by atoms with Crippen molar-refractivity contribution in [3.63, 3.8) is 0 Å². The highest BCUT2D eigenvalue weighted by Crippen LogP contribution is 2.38. The van der Waals surface area contributed by atoms with E-state index in [1.807, 2.05) is 31.2 Å². The summed E-state index contributed by atoms with van der Waals surface area (Å²) >= 11 is 2.08. The Morgan fingerprint density at radius 3 is 2.48 bits per heavy atom. The Balaban J connectivity index is 1.69. The van der Waals surface area contributed by atoms with Crippen molar-refractivity contribution in [2.75, 3.05) is 26.9 Å². The second-order valence-corrected chi connectivity index (χ2v) is 14.6. The van der Waals surface area contributed by atoms with Crippen molar-refractivity contribution in [3.05, 3.63) is 68.3 Å². The van der Waals surface area contributed by atoms with Crippen LogP contribution in [0.3, 0.4) is 0 Å². The van der Waals surface area contributed by atoms with Gasteiger partial charge in [0.05, 0.1) is 36.0 Å². The molecule has 2 aliphatic rings. The number of rotatable bonds is 14. The number of aryl methyl sites for hydroxylation is 1. The molecular formula is C37H51IN2O8. The number of ether oxygens (including phenoxy) is 3. The highest BCUT2D eigenvalue weighted by atomic mass is 127. The minimum Gasteiger partial charge on any atom is -0.493 e. The van der Waals surface area contributed by atoms with Crippen LogP contribution in [0.2, 0.25) is 0 Å². The molecule has 0 bridgehead atoms. The van der Waals surface area contributed by atoms with Gasteiger partial charge in [0.2, 0.25) is 11.8 Å². The van der Waals surface area contributed by atoms with Crippen LogP contribution < -0.4 is 14.8 Å². The van der Waals surface area contributed by atoms with Crippen LogP contribution in [0.5, 0.6) is 11.5 Å². The number of carbonyl (C=O) groups is 2. The molecular weight excluding hydrogens is 727 g/mol. The van der Waals surface area contributed by atoms with Gasteiger partial charge in [0.1, 0.15) is 18.8 Å². The lowest BCUT2D eigenvalue weighted by molar-refractivity contribution is -0.149. The van der Waals surface area contributed by atoms with Gasteiger partial charge in [-0.3, -0.25) is 9.59 Å². The minimum atomic E-state index is -1.22. The monoisotopic (exact) mass is 778 g/mol. The number of benzene rings is 2. The maximum atomic E-state index is 14.2. The van der Waals surface area contributed by atoms with Crippen LogP contribution in [-0.2, 0) is 27.5 Å². The Hall–Kier alpha value is -2.71. The maximum absolute atomic E-state index is 14.2. The van der Waals surface area contributed by atoms with E-state index in [-0.39, 0.29) is 51.3 Å². The van der Waals surface area contributed by atoms with Gasteiger partial charge in [-0.2, -0.15) is 0 Å². The second kappa shape index (κ2) is 17.8. The Kier molecular flexibility index (Phi) is 14.1. The lowest BCUT2D eigenvalue weighted by Crippen LogP contribution is -2.55. The first-order chi connectivity index (χ1) is 22.9. The van der Waals surface area contributed by atoms with Crippen LogP contribution in [0.1, 0.15) is 63.1 Å². The van der Waals surface area contributed by atoms with Gasteiger partial charge in [-0.15, -0.1) is 0 Å². The summed E-state index contributed by atoms with van der Waals surface area (Å²) < 4.78 is 19.0. The van der Waals surface area contributed by atoms with E-state index in [1.165, 1.54) is 7.11 Å². The average Bonchev–Trinajstić information content (AvgIpc) is 3.07. The fraction of sp³-hybridized carbons (Fsp3) is 0.568.